The van der Waals surface area contributed by atoms with E-state index in [1.165, 1.54) is 16.4 Å². The molecular weight excluding hydrogens is 203 g/mol. The molecule has 0 saturated heterocycles. The smallest absolute Gasteiger partial charge is 0.122 e. The van der Waals surface area contributed by atoms with E-state index in [1.54, 1.807) is 7.11 Å². The lowest BCUT2D eigenvalue weighted by atomic mass is 9.96. The zero-order chi connectivity index (χ0) is 11.6. The number of benzene rings is 1. The first-order valence-corrected chi connectivity index (χ1v) is 6.02. The molecular formula is C13H21OP. The van der Waals surface area contributed by atoms with Gasteiger partial charge in [-0.05, 0) is 40.4 Å². The van der Waals surface area contributed by atoms with E-state index in [1.807, 2.05) is 0 Å². The Morgan fingerprint density at radius 3 is 1.93 bits per heavy atom. The summed E-state index contributed by atoms with van der Waals surface area (Å²) in [4.78, 5) is 0. The highest BCUT2D eigenvalue weighted by atomic mass is 31.0. The van der Waals surface area contributed by atoms with Gasteiger partial charge < -0.3 is 4.74 Å². The molecule has 0 aliphatic carbocycles. The van der Waals surface area contributed by atoms with Crippen molar-refractivity contribution >= 4 is 14.5 Å². The summed E-state index contributed by atoms with van der Waals surface area (Å²) in [6.45, 7) is 8.79. The first-order valence-electron chi connectivity index (χ1n) is 5.44. The Bertz CT molecular complexity index is 343. The third-order valence-corrected chi connectivity index (χ3v) is 3.18. The highest BCUT2D eigenvalue weighted by Gasteiger charge is 2.12. The van der Waals surface area contributed by atoms with Crippen LogP contribution in [0.3, 0.4) is 0 Å². The molecule has 1 aromatic rings. The maximum absolute atomic E-state index is 5.44. The van der Waals surface area contributed by atoms with Gasteiger partial charge in [0.25, 0.3) is 0 Å². The highest BCUT2D eigenvalue weighted by Crippen LogP contribution is 2.29. The van der Waals surface area contributed by atoms with E-state index < -0.39 is 0 Å². The van der Waals surface area contributed by atoms with Gasteiger partial charge in [0.1, 0.15) is 5.75 Å². The Hall–Kier alpha value is -0.550. The molecule has 0 fully saturated rings. The highest BCUT2D eigenvalue weighted by molar-refractivity contribution is 7.27. The van der Waals surface area contributed by atoms with E-state index in [0.717, 1.165) is 5.75 Å². The van der Waals surface area contributed by atoms with Crippen LogP contribution in [0.2, 0.25) is 0 Å². The molecule has 1 nitrogen and oxygen atoms in total. The molecule has 0 saturated carbocycles. The largest absolute Gasteiger partial charge is 0.496 e. The van der Waals surface area contributed by atoms with Crippen LogP contribution < -0.4 is 10.0 Å². The lowest BCUT2D eigenvalue weighted by Crippen LogP contribution is -2.08. The zero-order valence-electron chi connectivity index (χ0n) is 10.3. The third-order valence-electron chi connectivity index (χ3n) is 2.68. The number of hydrogen-bond acceptors (Lipinski definition) is 1. The van der Waals surface area contributed by atoms with Gasteiger partial charge in [0.15, 0.2) is 0 Å². The average molecular weight is 224 g/mol. The van der Waals surface area contributed by atoms with Crippen molar-refractivity contribution < 1.29 is 4.74 Å². The van der Waals surface area contributed by atoms with Gasteiger partial charge in [0, 0.05) is 0 Å². The van der Waals surface area contributed by atoms with Crippen molar-refractivity contribution in [2.75, 3.05) is 7.11 Å². The van der Waals surface area contributed by atoms with Crippen molar-refractivity contribution in [3.8, 4) is 5.75 Å². The second-order valence-electron chi connectivity index (χ2n) is 4.53. The molecule has 0 bridgehead atoms. The molecule has 1 unspecified atom stereocenters. The Kier molecular flexibility index (Phi) is 4.16. The molecule has 0 aliphatic rings. The van der Waals surface area contributed by atoms with Crippen LogP contribution in [0.1, 0.15) is 50.7 Å². The van der Waals surface area contributed by atoms with E-state index in [0.29, 0.717) is 11.8 Å². The van der Waals surface area contributed by atoms with Gasteiger partial charge in [-0.25, -0.2) is 0 Å². The molecule has 15 heavy (non-hydrogen) atoms. The number of ether oxygens (including phenoxy) is 1. The van der Waals surface area contributed by atoms with Crippen LogP contribution in [0.25, 0.3) is 0 Å². The zero-order valence-corrected chi connectivity index (χ0v) is 11.4. The minimum atomic E-state index is 0.500. The van der Waals surface area contributed by atoms with Crippen molar-refractivity contribution in [2.24, 2.45) is 0 Å². The molecule has 0 heterocycles. The van der Waals surface area contributed by atoms with Crippen LogP contribution in [-0.2, 0) is 0 Å². The average Bonchev–Trinajstić information content (AvgIpc) is 2.16. The van der Waals surface area contributed by atoms with E-state index in [-0.39, 0.29) is 0 Å². The number of methoxy groups -OCH3 is 1. The fourth-order valence-electron chi connectivity index (χ4n) is 1.76. The number of hydrogen-bond donors (Lipinski definition) is 0. The van der Waals surface area contributed by atoms with Crippen LogP contribution in [0, 0.1) is 0 Å². The Morgan fingerprint density at radius 2 is 1.53 bits per heavy atom. The molecule has 2 heteroatoms. The topological polar surface area (TPSA) is 9.23 Å². The van der Waals surface area contributed by atoms with E-state index in [9.17, 15) is 0 Å². The Labute approximate surface area is 95.4 Å². The molecule has 0 radical (unpaired) electrons. The van der Waals surface area contributed by atoms with Gasteiger partial charge in [0.2, 0.25) is 0 Å². The van der Waals surface area contributed by atoms with Crippen molar-refractivity contribution in [1.82, 2.24) is 0 Å². The second kappa shape index (κ2) is 4.99. The Balaban J connectivity index is 3.29. The molecule has 1 rings (SSSR count). The summed E-state index contributed by atoms with van der Waals surface area (Å²) in [5, 5.41) is 1.29. The van der Waals surface area contributed by atoms with Gasteiger partial charge in [0.05, 0.1) is 7.11 Å². The Morgan fingerprint density at radius 1 is 1.00 bits per heavy atom. The van der Waals surface area contributed by atoms with Crippen molar-refractivity contribution in [1.29, 1.82) is 0 Å². The monoisotopic (exact) mass is 224 g/mol. The molecule has 0 N–H and O–H groups in total. The SMILES string of the molecule is COc1cc(C(C)C)c(P)cc1C(C)C. The minimum Gasteiger partial charge on any atom is -0.496 e. The maximum atomic E-state index is 5.44. The van der Waals surface area contributed by atoms with Gasteiger partial charge in [-0.15, -0.1) is 9.24 Å². The summed E-state index contributed by atoms with van der Waals surface area (Å²) in [5.41, 5.74) is 2.63. The van der Waals surface area contributed by atoms with E-state index in [2.05, 4.69) is 49.1 Å². The van der Waals surface area contributed by atoms with Gasteiger partial charge in [-0.2, -0.15) is 0 Å². The fourth-order valence-corrected chi connectivity index (χ4v) is 2.35. The lowest BCUT2D eigenvalue weighted by Gasteiger charge is -2.17. The first kappa shape index (κ1) is 12.5. The summed E-state index contributed by atoms with van der Waals surface area (Å²) in [6, 6.07) is 4.39. The molecule has 0 spiro atoms. The van der Waals surface area contributed by atoms with E-state index in [4.69, 9.17) is 4.74 Å². The summed E-state index contributed by atoms with van der Waals surface area (Å²) in [5.74, 6) is 2.05. The minimum absolute atomic E-state index is 0.500. The quantitative estimate of drug-likeness (QED) is 0.715. The van der Waals surface area contributed by atoms with Gasteiger partial charge >= 0.3 is 0 Å². The molecule has 1 atom stereocenters. The van der Waals surface area contributed by atoms with Crippen LogP contribution in [0.4, 0.5) is 0 Å². The van der Waals surface area contributed by atoms with Crippen LogP contribution in [-0.4, -0.2) is 7.11 Å². The molecule has 1 aromatic carbocycles. The first-order chi connectivity index (χ1) is 6.97. The molecule has 0 amide bonds. The molecule has 0 aliphatic heterocycles. The lowest BCUT2D eigenvalue weighted by molar-refractivity contribution is 0.407. The van der Waals surface area contributed by atoms with Gasteiger partial charge in [-0.1, -0.05) is 27.7 Å². The van der Waals surface area contributed by atoms with Crippen LogP contribution in [0.5, 0.6) is 5.75 Å². The molecule has 0 aromatic heterocycles. The second-order valence-corrected chi connectivity index (χ2v) is 5.15. The van der Waals surface area contributed by atoms with Crippen molar-refractivity contribution in [3.05, 3.63) is 23.3 Å². The van der Waals surface area contributed by atoms with Crippen LogP contribution >= 0.6 is 9.24 Å². The predicted octanol–water partition coefficient (Wildman–Crippen LogP) is 3.44. The predicted molar refractivity (Wildman–Crippen MR) is 70.5 cm³/mol. The van der Waals surface area contributed by atoms with Crippen molar-refractivity contribution in [3.63, 3.8) is 0 Å². The summed E-state index contributed by atoms with van der Waals surface area (Å²) in [6.07, 6.45) is 0. The summed E-state index contributed by atoms with van der Waals surface area (Å²) < 4.78 is 5.44. The summed E-state index contributed by atoms with van der Waals surface area (Å²) in [7, 11) is 4.57. The van der Waals surface area contributed by atoms with E-state index >= 15 is 0 Å². The summed E-state index contributed by atoms with van der Waals surface area (Å²) >= 11 is 0. The molecule has 84 valence electrons. The van der Waals surface area contributed by atoms with Gasteiger partial charge in [-0.3, -0.25) is 0 Å². The standard InChI is InChI=1S/C13H21OP/c1-8(2)10-7-13(15)11(9(3)4)6-12(10)14-5/h6-9H,15H2,1-5H3. The maximum Gasteiger partial charge on any atom is 0.122 e. The van der Waals surface area contributed by atoms with Crippen LogP contribution in [0.15, 0.2) is 12.1 Å². The fraction of sp³-hybridized carbons (Fsp3) is 0.538. The normalized spacial score (nSPS) is 11.2. The number of rotatable bonds is 3. The third kappa shape index (κ3) is 2.72. The van der Waals surface area contributed by atoms with Crippen molar-refractivity contribution in [2.45, 2.75) is 39.5 Å².